The Kier molecular flexibility index (Phi) is 5.36. The number of rotatable bonds is 6. The van der Waals surface area contributed by atoms with Crippen LogP contribution in [-0.4, -0.2) is 50.6 Å². The first kappa shape index (κ1) is 16.7. The maximum absolute atomic E-state index is 13.3. The first-order valence-electron chi connectivity index (χ1n) is 7.01. The first-order chi connectivity index (χ1) is 10.4. The highest BCUT2D eigenvalue weighted by atomic mass is 32.2. The second-order valence-electron chi connectivity index (χ2n) is 5.10. The number of hydrogen-bond donors (Lipinski definition) is 1. The average molecular weight is 330 g/mol. The number of nitrogens with one attached hydrogen (secondary N) is 1. The summed E-state index contributed by atoms with van der Waals surface area (Å²) in [4.78, 5) is 12.0. The second-order valence-corrected chi connectivity index (χ2v) is 7.04. The van der Waals surface area contributed by atoms with Crippen LogP contribution in [0.4, 0.5) is 4.39 Å². The van der Waals surface area contributed by atoms with Crippen LogP contribution in [0.5, 0.6) is 5.75 Å². The van der Waals surface area contributed by atoms with Crippen LogP contribution in [0.3, 0.4) is 0 Å². The Hall–Kier alpha value is -1.67. The van der Waals surface area contributed by atoms with Gasteiger partial charge in [-0.2, -0.15) is 4.31 Å². The number of halogens is 1. The Morgan fingerprint density at radius 3 is 2.86 bits per heavy atom. The van der Waals surface area contributed by atoms with E-state index in [4.69, 9.17) is 4.74 Å². The Morgan fingerprint density at radius 1 is 1.45 bits per heavy atom. The van der Waals surface area contributed by atoms with E-state index in [2.05, 4.69) is 5.32 Å². The van der Waals surface area contributed by atoms with Gasteiger partial charge in [0.2, 0.25) is 15.9 Å². The third-order valence-corrected chi connectivity index (χ3v) is 4.72. The Morgan fingerprint density at radius 2 is 2.18 bits per heavy atom. The number of sulfonamides is 1. The van der Waals surface area contributed by atoms with Gasteiger partial charge in [0.1, 0.15) is 12.6 Å². The topological polar surface area (TPSA) is 75.7 Å². The quantitative estimate of drug-likeness (QED) is 0.781. The fraction of sp³-hybridized carbons (Fsp3) is 0.500. The monoisotopic (exact) mass is 330 g/mol. The van der Waals surface area contributed by atoms with Crippen molar-refractivity contribution in [1.29, 1.82) is 0 Å². The van der Waals surface area contributed by atoms with Gasteiger partial charge < -0.3 is 10.1 Å². The van der Waals surface area contributed by atoms with Crippen molar-refractivity contribution in [2.45, 2.75) is 18.9 Å². The molecule has 1 aromatic carbocycles. The van der Waals surface area contributed by atoms with Gasteiger partial charge in [0.05, 0.1) is 12.8 Å². The van der Waals surface area contributed by atoms with E-state index < -0.39 is 21.9 Å². The van der Waals surface area contributed by atoms with E-state index >= 15 is 0 Å². The van der Waals surface area contributed by atoms with E-state index in [0.29, 0.717) is 19.4 Å². The molecule has 1 fully saturated rings. The average Bonchev–Trinajstić information content (AvgIpc) is 2.94. The molecule has 2 rings (SSSR count). The molecule has 1 aromatic rings. The summed E-state index contributed by atoms with van der Waals surface area (Å²) in [6.07, 6.45) is 2.27. The van der Waals surface area contributed by atoms with Crippen molar-refractivity contribution in [3.63, 3.8) is 0 Å². The molecule has 0 bridgehead atoms. The van der Waals surface area contributed by atoms with Gasteiger partial charge in [-0.25, -0.2) is 12.8 Å². The van der Waals surface area contributed by atoms with Crippen molar-refractivity contribution in [2.75, 3.05) is 26.0 Å². The normalized spacial score (nSPS) is 19.1. The standard InChI is InChI=1S/C14H19FN2O4S/c1-22(19,20)17-9-4-6-12(17)14(18)16-8-10-21-13-7-3-2-5-11(13)15/h2-3,5,7,12H,4,6,8-10H2,1H3,(H,16,18). The van der Waals surface area contributed by atoms with Crippen LogP contribution in [0.15, 0.2) is 24.3 Å². The van der Waals surface area contributed by atoms with Gasteiger partial charge in [-0.3, -0.25) is 4.79 Å². The molecule has 1 N–H and O–H groups in total. The molecular formula is C14H19FN2O4S. The number of carbonyl (C=O) groups excluding carboxylic acids is 1. The van der Waals surface area contributed by atoms with Crippen molar-refractivity contribution < 1.29 is 22.3 Å². The van der Waals surface area contributed by atoms with E-state index in [9.17, 15) is 17.6 Å². The molecule has 1 atom stereocenters. The van der Waals surface area contributed by atoms with E-state index in [1.165, 1.54) is 16.4 Å². The third-order valence-electron chi connectivity index (χ3n) is 3.43. The minimum Gasteiger partial charge on any atom is -0.489 e. The molecule has 122 valence electrons. The zero-order valence-corrected chi connectivity index (χ0v) is 13.1. The maximum Gasteiger partial charge on any atom is 0.238 e. The van der Waals surface area contributed by atoms with Gasteiger partial charge in [-0.15, -0.1) is 0 Å². The summed E-state index contributed by atoms with van der Waals surface area (Å²) >= 11 is 0. The van der Waals surface area contributed by atoms with Crippen LogP contribution < -0.4 is 10.1 Å². The van der Waals surface area contributed by atoms with Gasteiger partial charge in [-0.1, -0.05) is 12.1 Å². The van der Waals surface area contributed by atoms with Crippen LogP contribution >= 0.6 is 0 Å². The third kappa shape index (κ3) is 4.17. The summed E-state index contributed by atoms with van der Waals surface area (Å²) < 4.78 is 42.9. The van der Waals surface area contributed by atoms with E-state index in [0.717, 1.165) is 6.26 Å². The molecule has 8 heteroatoms. The number of ether oxygens (including phenoxy) is 1. The highest BCUT2D eigenvalue weighted by Gasteiger charge is 2.36. The summed E-state index contributed by atoms with van der Waals surface area (Å²) in [6.45, 7) is 0.655. The highest BCUT2D eigenvalue weighted by Crippen LogP contribution is 2.20. The van der Waals surface area contributed by atoms with Crippen LogP contribution in [0, 0.1) is 5.82 Å². The summed E-state index contributed by atoms with van der Waals surface area (Å²) in [5, 5.41) is 2.62. The molecule has 1 saturated heterocycles. The molecule has 1 amide bonds. The summed E-state index contributed by atoms with van der Waals surface area (Å²) in [7, 11) is -3.38. The predicted molar refractivity (Wildman–Crippen MR) is 79.5 cm³/mol. The van der Waals surface area contributed by atoms with E-state index in [-0.39, 0.29) is 24.8 Å². The lowest BCUT2D eigenvalue weighted by atomic mass is 10.2. The lowest BCUT2D eigenvalue weighted by Gasteiger charge is -2.21. The number of nitrogens with zero attached hydrogens (tertiary/aromatic N) is 1. The number of carbonyl (C=O) groups is 1. The molecule has 0 saturated carbocycles. The number of amides is 1. The maximum atomic E-state index is 13.3. The van der Waals surface area contributed by atoms with Crippen LogP contribution in [0.2, 0.25) is 0 Å². The highest BCUT2D eigenvalue weighted by molar-refractivity contribution is 7.88. The summed E-state index contributed by atoms with van der Waals surface area (Å²) in [5.74, 6) is -0.691. The molecule has 1 heterocycles. The minimum atomic E-state index is -3.38. The summed E-state index contributed by atoms with van der Waals surface area (Å²) in [5.41, 5.74) is 0. The molecular weight excluding hydrogens is 311 g/mol. The van der Waals surface area contributed by atoms with Crippen LogP contribution in [0.25, 0.3) is 0 Å². The molecule has 1 aliphatic rings. The molecule has 22 heavy (non-hydrogen) atoms. The van der Waals surface area contributed by atoms with Crippen molar-refractivity contribution in [2.24, 2.45) is 0 Å². The zero-order valence-electron chi connectivity index (χ0n) is 12.3. The fourth-order valence-electron chi connectivity index (χ4n) is 2.41. The Labute approximate surface area is 129 Å². The largest absolute Gasteiger partial charge is 0.489 e. The molecule has 6 nitrogen and oxygen atoms in total. The van der Waals surface area contributed by atoms with Gasteiger partial charge in [0.15, 0.2) is 11.6 Å². The van der Waals surface area contributed by atoms with E-state index in [1.807, 2.05) is 0 Å². The van der Waals surface area contributed by atoms with Gasteiger partial charge in [0.25, 0.3) is 0 Å². The van der Waals surface area contributed by atoms with Crippen LogP contribution in [0.1, 0.15) is 12.8 Å². The lowest BCUT2D eigenvalue weighted by Crippen LogP contribution is -2.46. The number of benzene rings is 1. The number of hydrogen-bond acceptors (Lipinski definition) is 4. The molecule has 0 aromatic heterocycles. The van der Waals surface area contributed by atoms with E-state index in [1.54, 1.807) is 12.1 Å². The van der Waals surface area contributed by atoms with Crippen molar-refractivity contribution >= 4 is 15.9 Å². The Balaban J connectivity index is 1.80. The SMILES string of the molecule is CS(=O)(=O)N1CCCC1C(=O)NCCOc1ccccc1F. The van der Waals surface area contributed by atoms with Crippen LogP contribution in [-0.2, 0) is 14.8 Å². The fourth-order valence-corrected chi connectivity index (χ4v) is 3.54. The Bertz CT molecular complexity index is 635. The van der Waals surface area contributed by atoms with Gasteiger partial charge >= 0.3 is 0 Å². The minimum absolute atomic E-state index is 0.109. The first-order valence-corrected chi connectivity index (χ1v) is 8.86. The van der Waals surface area contributed by atoms with Crippen molar-refractivity contribution in [3.8, 4) is 5.75 Å². The second kappa shape index (κ2) is 7.06. The number of para-hydroxylation sites is 1. The molecule has 0 spiro atoms. The smallest absolute Gasteiger partial charge is 0.238 e. The van der Waals surface area contributed by atoms with Crippen molar-refractivity contribution in [1.82, 2.24) is 9.62 Å². The molecule has 0 radical (unpaired) electrons. The van der Waals surface area contributed by atoms with Gasteiger partial charge in [-0.05, 0) is 25.0 Å². The van der Waals surface area contributed by atoms with Crippen molar-refractivity contribution in [3.05, 3.63) is 30.1 Å². The predicted octanol–water partition coefficient (Wildman–Crippen LogP) is 0.745. The zero-order chi connectivity index (χ0) is 16.2. The molecule has 1 unspecified atom stereocenters. The lowest BCUT2D eigenvalue weighted by molar-refractivity contribution is -0.124. The molecule has 0 aliphatic carbocycles. The van der Waals surface area contributed by atoms with Gasteiger partial charge in [0, 0.05) is 6.54 Å². The summed E-state index contributed by atoms with van der Waals surface area (Å²) in [6, 6.07) is 5.34. The molecule has 1 aliphatic heterocycles.